The van der Waals surface area contributed by atoms with Crippen LogP contribution < -0.4 is 0 Å². The molecule has 0 aliphatic carbocycles. The summed E-state index contributed by atoms with van der Waals surface area (Å²) in [4.78, 5) is 24.8. The molecule has 0 aliphatic heterocycles. The molecule has 0 aliphatic rings. The average Bonchev–Trinajstić information content (AvgIpc) is 2.50. The summed E-state index contributed by atoms with van der Waals surface area (Å²) in [6.45, 7) is 4.93. The number of ether oxygens (including phenoxy) is 1. The maximum Gasteiger partial charge on any atom is 0.310 e. The zero-order valence-corrected chi connectivity index (χ0v) is 12.2. The summed E-state index contributed by atoms with van der Waals surface area (Å²) >= 11 is 0. The average molecular weight is 315 g/mol. The minimum absolute atomic E-state index is 0.0125. The number of amides is 1. The fraction of sp³-hybridized carbons (Fsp3) is 0.333. The molecule has 0 bridgehead atoms. The van der Waals surface area contributed by atoms with Crippen LogP contribution in [0.2, 0.25) is 0 Å². The first-order chi connectivity index (χ1) is 10.3. The second kappa shape index (κ2) is 7.63. The molecular formula is C15H16F3NO3. The molecule has 0 heterocycles. The number of halogens is 3. The van der Waals surface area contributed by atoms with Gasteiger partial charge in [-0.3, -0.25) is 9.59 Å². The van der Waals surface area contributed by atoms with Gasteiger partial charge in [0, 0.05) is 13.1 Å². The van der Waals surface area contributed by atoms with E-state index in [-0.39, 0.29) is 13.1 Å². The van der Waals surface area contributed by atoms with E-state index in [9.17, 15) is 22.8 Å². The van der Waals surface area contributed by atoms with Crippen LogP contribution in [0.5, 0.6) is 0 Å². The predicted molar refractivity (Wildman–Crippen MR) is 73.6 cm³/mol. The number of carbonyl (C=O) groups is 2. The third-order valence-corrected chi connectivity index (χ3v) is 3.00. The Morgan fingerprint density at radius 3 is 2.50 bits per heavy atom. The van der Waals surface area contributed by atoms with Crippen molar-refractivity contribution < 1.29 is 27.5 Å². The van der Waals surface area contributed by atoms with Crippen LogP contribution in [0.3, 0.4) is 0 Å². The Labute approximate surface area is 126 Å². The molecule has 0 aromatic heterocycles. The first-order valence-corrected chi connectivity index (χ1v) is 6.45. The van der Waals surface area contributed by atoms with Crippen LogP contribution in [0.1, 0.15) is 17.3 Å². The summed E-state index contributed by atoms with van der Waals surface area (Å²) in [7, 11) is 1.20. The molecule has 0 N–H and O–H groups in total. The number of hydrogen-bond acceptors (Lipinski definition) is 3. The zero-order valence-electron chi connectivity index (χ0n) is 12.2. The van der Waals surface area contributed by atoms with Gasteiger partial charge < -0.3 is 9.64 Å². The molecule has 4 nitrogen and oxygen atoms in total. The molecule has 7 heteroatoms. The zero-order chi connectivity index (χ0) is 16.9. The number of nitrogens with zero attached hydrogens (tertiary/aromatic N) is 1. The van der Waals surface area contributed by atoms with Gasteiger partial charge in [-0.05, 0) is 12.1 Å². The Balaban J connectivity index is 3.06. The molecule has 1 aromatic carbocycles. The Morgan fingerprint density at radius 1 is 1.32 bits per heavy atom. The van der Waals surface area contributed by atoms with Crippen LogP contribution in [-0.4, -0.2) is 37.0 Å². The van der Waals surface area contributed by atoms with Gasteiger partial charge in [0.2, 0.25) is 0 Å². The fourth-order valence-corrected chi connectivity index (χ4v) is 1.86. The minimum atomic E-state index is -1.72. The van der Waals surface area contributed by atoms with Crippen molar-refractivity contribution in [1.82, 2.24) is 4.90 Å². The Bertz CT molecular complexity index is 590. The molecule has 120 valence electrons. The smallest absolute Gasteiger partial charge is 0.310 e. The summed E-state index contributed by atoms with van der Waals surface area (Å²) < 4.78 is 44.4. The second-order valence-electron chi connectivity index (χ2n) is 4.65. The highest BCUT2D eigenvalue weighted by Crippen LogP contribution is 2.18. The first kappa shape index (κ1) is 17.7. The molecule has 1 unspecified atom stereocenters. The third-order valence-electron chi connectivity index (χ3n) is 3.00. The molecule has 22 heavy (non-hydrogen) atoms. The number of carbonyl (C=O) groups excluding carboxylic acids is 2. The second-order valence-corrected chi connectivity index (χ2v) is 4.65. The SMILES string of the molecule is C=CCN(CC(C)C(=O)OC)C(=O)c1ccc(F)c(F)c1F. The Hall–Kier alpha value is -2.31. The lowest BCUT2D eigenvalue weighted by Crippen LogP contribution is -2.38. The van der Waals surface area contributed by atoms with Crippen molar-refractivity contribution in [1.29, 1.82) is 0 Å². The summed E-state index contributed by atoms with van der Waals surface area (Å²) in [5.74, 6) is -6.75. The van der Waals surface area contributed by atoms with Crippen LogP contribution in [0.15, 0.2) is 24.8 Å². The largest absolute Gasteiger partial charge is 0.469 e. The van der Waals surface area contributed by atoms with Crippen LogP contribution in [0, 0.1) is 23.4 Å². The molecule has 0 radical (unpaired) electrons. The van der Waals surface area contributed by atoms with Gasteiger partial charge in [-0.15, -0.1) is 6.58 Å². The lowest BCUT2D eigenvalue weighted by Gasteiger charge is -2.24. The van der Waals surface area contributed by atoms with Crippen LogP contribution in [0.4, 0.5) is 13.2 Å². The molecule has 1 amide bonds. The van der Waals surface area contributed by atoms with E-state index in [1.54, 1.807) is 0 Å². The maximum absolute atomic E-state index is 13.7. The van der Waals surface area contributed by atoms with Gasteiger partial charge in [0.25, 0.3) is 5.91 Å². The van der Waals surface area contributed by atoms with Crippen molar-refractivity contribution in [3.63, 3.8) is 0 Å². The maximum atomic E-state index is 13.7. The molecule has 1 aromatic rings. The molecule has 0 saturated carbocycles. The van der Waals surface area contributed by atoms with Crippen molar-refractivity contribution in [3.8, 4) is 0 Å². The third kappa shape index (κ3) is 3.87. The van der Waals surface area contributed by atoms with E-state index in [4.69, 9.17) is 0 Å². The standard InChI is InChI=1S/C15H16F3NO3/c1-4-7-19(8-9(2)15(21)22-3)14(20)10-5-6-11(16)13(18)12(10)17/h4-6,9H,1,7-8H2,2-3H3. The van der Waals surface area contributed by atoms with E-state index in [1.807, 2.05) is 0 Å². The number of benzene rings is 1. The van der Waals surface area contributed by atoms with Crippen molar-refractivity contribution in [3.05, 3.63) is 47.8 Å². The van der Waals surface area contributed by atoms with Gasteiger partial charge in [-0.25, -0.2) is 13.2 Å². The Morgan fingerprint density at radius 2 is 1.95 bits per heavy atom. The van der Waals surface area contributed by atoms with Crippen molar-refractivity contribution in [2.24, 2.45) is 5.92 Å². The molecular weight excluding hydrogens is 299 g/mol. The number of esters is 1. The monoisotopic (exact) mass is 315 g/mol. The van der Waals surface area contributed by atoms with E-state index < -0.39 is 40.8 Å². The number of rotatable bonds is 6. The first-order valence-electron chi connectivity index (χ1n) is 6.45. The van der Waals surface area contributed by atoms with Gasteiger partial charge in [-0.2, -0.15) is 0 Å². The van der Waals surface area contributed by atoms with Gasteiger partial charge in [0.05, 0.1) is 18.6 Å². The number of hydrogen-bond donors (Lipinski definition) is 0. The van der Waals surface area contributed by atoms with Gasteiger partial charge in [0.1, 0.15) is 0 Å². The quantitative estimate of drug-likeness (QED) is 0.460. The van der Waals surface area contributed by atoms with E-state index in [2.05, 4.69) is 11.3 Å². The highest BCUT2D eigenvalue weighted by atomic mass is 19.2. The minimum Gasteiger partial charge on any atom is -0.469 e. The lowest BCUT2D eigenvalue weighted by atomic mass is 10.1. The molecule has 1 atom stereocenters. The highest BCUT2D eigenvalue weighted by Gasteiger charge is 2.25. The van der Waals surface area contributed by atoms with E-state index in [1.165, 1.54) is 20.1 Å². The van der Waals surface area contributed by atoms with Gasteiger partial charge in [0.15, 0.2) is 17.5 Å². The fourth-order valence-electron chi connectivity index (χ4n) is 1.86. The molecule has 0 spiro atoms. The van der Waals surface area contributed by atoms with Crippen molar-refractivity contribution in [2.45, 2.75) is 6.92 Å². The topological polar surface area (TPSA) is 46.6 Å². The number of methoxy groups -OCH3 is 1. The van der Waals surface area contributed by atoms with Crippen LogP contribution in [-0.2, 0) is 9.53 Å². The Kier molecular flexibility index (Phi) is 6.15. The summed E-state index contributed by atoms with van der Waals surface area (Å²) in [6.07, 6.45) is 1.37. The van der Waals surface area contributed by atoms with Crippen molar-refractivity contribution in [2.75, 3.05) is 20.2 Å². The van der Waals surface area contributed by atoms with Crippen molar-refractivity contribution >= 4 is 11.9 Å². The summed E-state index contributed by atoms with van der Waals surface area (Å²) in [5, 5.41) is 0. The molecule has 0 fully saturated rings. The normalized spacial score (nSPS) is 11.7. The van der Waals surface area contributed by atoms with Gasteiger partial charge >= 0.3 is 5.97 Å². The van der Waals surface area contributed by atoms with Gasteiger partial charge in [-0.1, -0.05) is 13.0 Å². The summed E-state index contributed by atoms with van der Waals surface area (Å²) in [5.41, 5.74) is -0.613. The molecule has 1 rings (SSSR count). The predicted octanol–water partition coefficient (Wildman–Crippen LogP) is 2.54. The van der Waals surface area contributed by atoms with Crippen LogP contribution >= 0.6 is 0 Å². The lowest BCUT2D eigenvalue weighted by molar-refractivity contribution is -0.145. The highest BCUT2D eigenvalue weighted by molar-refractivity contribution is 5.94. The molecule has 0 saturated heterocycles. The van der Waals surface area contributed by atoms with E-state index in [0.29, 0.717) is 6.07 Å². The van der Waals surface area contributed by atoms with E-state index in [0.717, 1.165) is 11.0 Å². The van der Waals surface area contributed by atoms with E-state index >= 15 is 0 Å². The van der Waals surface area contributed by atoms with Crippen LogP contribution in [0.25, 0.3) is 0 Å². The summed E-state index contributed by atoms with van der Waals surface area (Å²) in [6, 6.07) is 1.52.